The molecular formula is C9H14N2OS. The van der Waals surface area contributed by atoms with Gasteiger partial charge in [-0.25, -0.2) is 4.98 Å². The van der Waals surface area contributed by atoms with E-state index in [1.165, 1.54) is 0 Å². The molecule has 0 saturated heterocycles. The van der Waals surface area contributed by atoms with E-state index in [4.69, 9.17) is 0 Å². The SMILES string of the molecule is CCNC(=O)Cc1nc(C)sc1C. The molecule has 0 aliphatic carbocycles. The summed E-state index contributed by atoms with van der Waals surface area (Å²) in [6, 6.07) is 0. The Hall–Kier alpha value is -0.900. The highest BCUT2D eigenvalue weighted by Crippen LogP contribution is 2.16. The van der Waals surface area contributed by atoms with Crippen molar-refractivity contribution in [1.29, 1.82) is 0 Å². The quantitative estimate of drug-likeness (QED) is 0.798. The van der Waals surface area contributed by atoms with Crippen LogP contribution in [0.15, 0.2) is 0 Å². The maximum atomic E-state index is 11.2. The Balaban J connectivity index is 2.63. The van der Waals surface area contributed by atoms with Gasteiger partial charge < -0.3 is 5.32 Å². The Morgan fingerprint density at radius 3 is 2.69 bits per heavy atom. The van der Waals surface area contributed by atoms with Gasteiger partial charge >= 0.3 is 0 Å². The van der Waals surface area contributed by atoms with Gasteiger partial charge in [0, 0.05) is 11.4 Å². The molecular weight excluding hydrogens is 184 g/mol. The lowest BCUT2D eigenvalue weighted by atomic mass is 10.2. The monoisotopic (exact) mass is 198 g/mol. The fraction of sp³-hybridized carbons (Fsp3) is 0.556. The van der Waals surface area contributed by atoms with E-state index in [0.29, 0.717) is 13.0 Å². The molecule has 3 nitrogen and oxygen atoms in total. The van der Waals surface area contributed by atoms with Gasteiger partial charge in [0.1, 0.15) is 0 Å². The molecule has 0 aromatic carbocycles. The molecule has 1 N–H and O–H groups in total. The number of aromatic nitrogens is 1. The Morgan fingerprint density at radius 2 is 2.23 bits per heavy atom. The molecule has 0 spiro atoms. The predicted octanol–water partition coefficient (Wildman–Crippen LogP) is 1.44. The van der Waals surface area contributed by atoms with Crippen LogP contribution in [0, 0.1) is 13.8 Å². The molecule has 1 aromatic heterocycles. The lowest BCUT2D eigenvalue weighted by Gasteiger charge is -1.99. The van der Waals surface area contributed by atoms with Crippen molar-refractivity contribution in [2.24, 2.45) is 0 Å². The summed E-state index contributed by atoms with van der Waals surface area (Å²) < 4.78 is 0. The number of rotatable bonds is 3. The molecule has 0 aliphatic rings. The fourth-order valence-electron chi connectivity index (χ4n) is 1.15. The third-order valence-corrected chi connectivity index (χ3v) is 2.63. The number of hydrogen-bond acceptors (Lipinski definition) is 3. The lowest BCUT2D eigenvalue weighted by molar-refractivity contribution is -0.120. The summed E-state index contributed by atoms with van der Waals surface area (Å²) in [5.41, 5.74) is 0.911. The van der Waals surface area contributed by atoms with Crippen LogP contribution < -0.4 is 5.32 Å². The Labute approximate surface area is 82.2 Å². The van der Waals surface area contributed by atoms with Crippen molar-refractivity contribution >= 4 is 17.2 Å². The minimum Gasteiger partial charge on any atom is -0.356 e. The second-order valence-electron chi connectivity index (χ2n) is 2.87. The number of nitrogens with one attached hydrogen (secondary N) is 1. The molecule has 1 heterocycles. The van der Waals surface area contributed by atoms with Gasteiger partial charge in [0.2, 0.25) is 5.91 Å². The van der Waals surface area contributed by atoms with Crippen LogP contribution in [-0.4, -0.2) is 17.4 Å². The molecule has 1 rings (SSSR count). The first-order chi connectivity index (χ1) is 6.13. The maximum absolute atomic E-state index is 11.2. The summed E-state index contributed by atoms with van der Waals surface area (Å²) in [4.78, 5) is 16.7. The largest absolute Gasteiger partial charge is 0.356 e. The van der Waals surface area contributed by atoms with Crippen molar-refractivity contribution in [3.8, 4) is 0 Å². The number of nitrogens with zero attached hydrogens (tertiary/aromatic N) is 1. The fourth-order valence-corrected chi connectivity index (χ4v) is 1.98. The third-order valence-electron chi connectivity index (χ3n) is 1.70. The molecule has 0 radical (unpaired) electrons. The molecule has 0 aliphatic heterocycles. The van der Waals surface area contributed by atoms with Gasteiger partial charge in [-0.15, -0.1) is 11.3 Å². The Kier molecular flexibility index (Phi) is 3.42. The topological polar surface area (TPSA) is 42.0 Å². The molecule has 0 fully saturated rings. The van der Waals surface area contributed by atoms with Crippen LogP contribution in [-0.2, 0) is 11.2 Å². The zero-order valence-corrected chi connectivity index (χ0v) is 8.99. The molecule has 4 heteroatoms. The van der Waals surface area contributed by atoms with Crippen LogP contribution in [0.1, 0.15) is 22.5 Å². The molecule has 13 heavy (non-hydrogen) atoms. The van der Waals surface area contributed by atoms with Crippen LogP contribution in [0.2, 0.25) is 0 Å². The summed E-state index contributed by atoms with van der Waals surface area (Å²) in [5, 5.41) is 3.78. The van der Waals surface area contributed by atoms with Crippen LogP contribution in [0.5, 0.6) is 0 Å². The highest BCUT2D eigenvalue weighted by Gasteiger charge is 2.08. The average Bonchev–Trinajstić information content (AvgIpc) is 2.30. The standard InChI is InChI=1S/C9H14N2OS/c1-4-10-9(12)5-8-6(2)13-7(3)11-8/h4-5H2,1-3H3,(H,10,12). The van der Waals surface area contributed by atoms with Crippen molar-refractivity contribution in [3.05, 3.63) is 15.6 Å². The predicted molar refractivity (Wildman–Crippen MR) is 54.0 cm³/mol. The number of carbonyl (C=O) groups excluding carboxylic acids is 1. The normalized spacial score (nSPS) is 10.1. The van der Waals surface area contributed by atoms with Gasteiger partial charge in [-0.05, 0) is 20.8 Å². The smallest absolute Gasteiger partial charge is 0.226 e. The zero-order chi connectivity index (χ0) is 9.84. The summed E-state index contributed by atoms with van der Waals surface area (Å²) in [5.74, 6) is 0.0518. The molecule has 1 amide bonds. The van der Waals surface area contributed by atoms with Crippen LogP contribution in [0.25, 0.3) is 0 Å². The van der Waals surface area contributed by atoms with E-state index in [-0.39, 0.29) is 5.91 Å². The molecule has 0 saturated carbocycles. The van der Waals surface area contributed by atoms with Crippen LogP contribution in [0.4, 0.5) is 0 Å². The van der Waals surface area contributed by atoms with Gasteiger partial charge in [-0.1, -0.05) is 0 Å². The number of thiazole rings is 1. The molecule has 72 valence electrons. The van der Waals surface area contributed by atoms with E-state index >= 15 is 0 Å². The van der Waals surface area contributed by atoms with Crippen molar-refractivity contribution in [2.45, 2.75) is 27.2 Å². The molecule has 0 unspecified atom stereocenters. The summed E-state index contributed by atoms with van der Waals surface area (Å²) >= 11 is 1.64. The van der Waals surface area contributed by atoms with Gasteiger partial charge in [0.05, 0.1) is 17.1 Å². The first kappa shape index (κ1) is 10.2. The molecule has 1 aromatic rings. The highest BCUT2D eigenvalue weighted by atomic mass is 32.1. The summed E-state index contributed by atoms with van der Waals surface area (Å²) in [6.07, 6.45) is 0.407. The zero-order valence-electron chi connectivity index (χ0n) is 8.18. The molecule has 0 bridgehead atoms. The van der Waals surface area contributed by atoms with Crippen LogP contribution >= 0.6 is 11.3 Å². The molecule has 0 atom stereocenters. The summed E-state index contributed by atoms with van der Waals surface area (Å²) in [6.45, 7) is 6.55. The third kappa shape index (κ3) is 2.81. The minimum atomic E-state index is 0.0518. The minimum absolute atomic E-state index is 0.0518. The Bertz CT molecular complexity index is 307. The lowest BCUT2D eigenvalue weighted by Crippen LogP contribution is -2.24. The number of amides is 1. The van der Waals surface area contributed by atoms with Crippen LogP contribution in [0.3, 0.4) is 0 Å². The second-order valence-corrected chi connectivity index (χ2v) is 4.27. The van der Waals surface area contributed by atoms with Crippen molar-refractivity contribution in [2.75, 3.05) is 6.54 Å². The number of hydrogen-bond donors (Lipinski definition) is 1. The van der Waals surface area contributed by atoms with E-state index in [9.17, 15) is 4.79 Å². The van der Waals surface area contributed by atoms with Crippen molar-refractivity contribution in [3.63, 3.8) is 0 Å². The van der Waals surface area contributed by atoms with Crippen molar-refractivity contribution in [1.82, 2.24) is 10.3 Å². The van der Waals surface area contributed by atoms with Gasteiger partial charge in [0.15, 0.2) is 0 Å². The van der Waals surface area contributed by atoms with E-state index < -0.39 is 0 Å². The Morgan fingerprint density at radius 1 is 1.54 bits per heavy atom. The van der Waals surface area contributed by atoms with E-state index in [2.05, 4.69) is 10.3 Å². The second kappa shape index (κ2) is 4.37. The summed E-state index contributed by atoms with van der Waals surface area (Å²) in [7, 11) is 0. The van der Waals surface area contributed by atoms with Gasteiger partial charge in [-0.3, -0.25) is 4.79 Å². The highest BCUT2D eigenvalue weighted by molar-refractivity contribution is 7.11. The number of aryl methyl sites for hydroxylation is 2. The first-order valence-electron chi connectivity index (χ1n) is 4.33. The number of carbonyl (C=O) groups is 1. The van der Waals surface area contributed by atoms with E-state index in [1.807, 2.05) is 20.8 Å². The first-order valence-corrected chi connectivity index (χ1v) is 5.14. The van der Waals surface area contributed by atoms with Crippen molar-refractivity contribution < 1.29 is 4.79 Å². The van der Waals surface area contributed by atoms with Gasteiger partial charge in [-0.2, -0.15) is 0 Å². The van der Waals surface area contributed by atoms with E-state index in [1.54, 1.807) is 11.3 Å². The van der Waals surface area contributed by atoms with Gasteiger partial charge in [0.25, 0.3) is 0 Å². The van der Waals surface area contributed by atoms with E-state index in [0.717, 1.165) is 15.6 Å². The average molecular weight is 198 g/mol. The number of likely N-dealkylation sites (N-methyl/N-ethyl adjacent to an activating group) is 1. The maximum Gasteiger partial charge on any atom is 0.226 e.